The number of aromatic nitrogens is 3. The van der Waals surface area contributed by atoms with Crippen LogP contribution in [0, 0.1) is 6.92 Å². The van der Waals surface area contributed by atoms with Gasteiger partial charge in [0, 0.05) is 30.0 Å². The Labute approximate surface area is 132 Å². The van der Waals surface area contributed by atoms with E-state index in [0.29, 0.717) is 31.0 Å². The highest BCUT2D eigenvalue weighted by Crippen LogP contribution is 2.17. The summed E-state index contributed by atoms with van der Waals surface area (Å²) in [6.45, 7) is 5.81. The van der Waals surface area contributed by atoms with Gasteiger partial charge in [0.1, 0.15) is 5.82 Å². The molecule has 0 unspecified atom stereocenters. The molecule has 0 aliphatic carbocycles. The highest BCUT2D eigenvalue weighted by atomic mass is 79.9. The van der Waals surface area contributed by atoms with Gasteiger partial charge in [-0.3, -0.25) is 9.48 Å². The molecule has 7 heteroatoms. The molecule has 0 bridgehead atoms. The molecule has 0 aliphatic heterocycles. The summed E-state index contributed by atoms with van der Waals surface area (Å²) in [5.41, 5.74) is 1.63. The van der Waals surface area contributed by atoms with Crippen molar-refractivity contribution in [3.05, 3.63) is 40.3 Å². The normalized spacial score (nSPS) is 10.4. The first kappa shape index (κ1) is 15.5. The molecule has 0 spiro atoms. The lowest BCUT2D eigenvalue weighted by Crippen LogP contribution is -2.28. The van der Waals surface area contributed by atoms with Crippen molar-refractivity contribution in [2.24, 2.45) is 0 Å². The number of carbonyl (C=O) groups excluding carboxylic acids is 1. The summed E-state index contributed by atoms with van der Waals surface area (Å²) in [6, 6.07) is 1.76. The molecule has 21 heavy (non-hydrogen) atoms. The van der Waals surface area contributed by atoms with E-state index in [-0.39, 0.29) is 5.91 Å². The summed E-state index contributed by atoms with van der Waals surface area (Å²) in [5, 5.41) is 10.1. The highest BCUT2D eigenvalue weighted by molar-refractivity contribution is 9.10. The van der Waals surface area contributed by atoms with E-state index in [1.807, 2.05) is 20.0 Å². The quantitative estimate of drug-likeness (QED) is 0.836. The zero-order chi connectivity index (χ0) is 15.2. The second-order valence-corrected chi connectivity index (χ2v) is 5.53. The Morgan fingerprint density at radius 3 is 2.90 bits per heavy atom. The summed E-state index contributed by atoms with van der Waals surface area (Å²) < 4.78 is 2.58. The fourth-order valence-corrected chi connectivity index (χ4v) is 2.22. The average molecular weight is 352 g/mol. The number of aryl methyl sites for hydroxylation is 1. The minimum atomic E-state index is -0.149. The fraction of sp³-hybridized carbons (Fsp3) is 0.357. The summed E-state index contributed by atoms with van der Waals surface area (Å²) >= 11 is 3.34. The number of halogens is 1. The van der Waals surface area contributed by atoms with Crippen LogP contribution in [0.1, 0.15) is 22.8 Å². The molecule has 112 valence electrons. The van der Waals surface area contributed by atoms with Gasteiger partial charge >= 0.3 is 0 Å². The van der Waals surface area contributed by atoms with Gasteiger partial charge in [-0.15, -0.1) is 0 Å². The maximum absolute atomic E-state index is 12.2. The lowest BCUT2D eigenvalue weighted by molar-refractivity contribution is 0.0952. The number of anilines is 1. The van der Waals surface area contributed by atoms with Crippen LogP contribution in [0.3, 0.4) is 0 Å². The maximum Gasteiger partial charge on any atom is 0.255 e. The molecule has 0 fully saturated rings. The number of pyridine rings is 1. The fourth-order valence-electron chi connectivity index (χ4n) is 1.89. The third kappa shape index (κ3) is 4.29. The number of amides is 1. The topological polar surface area (TPSA) is 71.8 Å². The maximum atomic E-state index is 12.2. The van der Waals surface area contributed by atoms with E-state index in [1.165, 1.54) is 0 Å². The van der Waals surface area contributed by atoms with E-state index in [2.05, 4.69) is 36.6 Å². The zero-order valence-corrected chi connectivity index (χ0v) is 13.6. The Hall–Kier alpha value is -1.89. The van der Waals surface area contributed by atoms with Crippen molar-refractivity contribution in [2.75, 3.05) is 18.4 Å². The van der Waals surface area contributed by atoms with E-state index < -0.39 is 0 Å². The molecule has 0 aliphatic rings. The molecular weight excluding hydrogens is 334 g/mol. The van der Waals surface area contributed by atoms with E-state index in [9.17, 15) is 4.79 Å². The Kier molecular flexibility index (Phi) is 5.32. The molecule has 0 saturated carbocycles. The third-order valence-electron chi connectivity index (χ3n) is 2.83. The van der Waals surface area contributed by atoms with Crippen molar-refractivity contribution >= 4 is 27.7 Å². The summed E-state index contributed by atoms with van der Waals surface area (Å²) in [6.07, 6.45) is 5.40. The molecule has 0 saturated heterocycles. The standard InChI is InChI=1S/C14H18BrN5O/c1-3-16-13-12(6-11(15)8-18-13)14(21)17-4-5-20-9-10(2)7-19-20/h6-9H,3-5H2,1-2H3,(H,16,18)(H,17,21). The van der Waals surface area contributed by atoms with Gasteiger partial charge in [0.2, 0.25) is 0 Å². The molecule has 2 N–H and O–H groups in total. The summed E-state index contributed by atoms with van der Waals surface area (Å²) in [5.74, 6) is 0.441. The van der Waals surface area contributed by atoms with E-state index >= 15 is 0 Å². The van der Waals surface area contributed by atoms with Gasteiger partial charge in [-0.2, -0.15) is 5.10 Å². The molecule has 2 heterocycles. The van der Waals surface area contributed by atoms with Crippen LogP contribution in [0.5, 0.6) is 0 Å². The minimum Gasteiger partial charge on any atom is -0.370 e. The van der Waals surface area contributed by atoms with Crippen LogP contribution in [0.4, 0.5) is 5.82 Å². The Morgan fingerprint density at radius 1 is 1.43 bits per heavy atom. The summed E-state index contributed by atoms with van der Waals surface area (Å²) in [4.78, 5) is 16.5. The van der Waals surface area contributed by atoms with Crippen molar-refractivity contribution in [3.8, 4) is 0 Å². The molecule has 0 radical (unpaired) electrons. The average Bonchev–Trinajstić information content (AvgIpc) is 2.86. The van der Waals surface area contributed by atoms with Crippen LogP contribution in [0.2, 0.25) is 0 Å². The van der Waals surface area contributed by atoms with Crippen LogP contribution in [-0.2, 0) is 6.54 Å². The van der Waals surface area contributed by atoms with E-state index in [4.69, 9.17) is 0 Å². The molecule has 0 aromatic carbocycles. The monoisotopic (exact) mass is 351 g/mol. The first-order chi connectivity index (χ1) is 10.1. The molecule has 1 amide bonds. The number of rotatable bonds is 6. The first-order valence-corrected chi connectivity index (χ1v) is 7.56. The van der Waals surface area contributed by atoms with Crippen molar-refractivity contribution < 1.29 is 4.79 Å². The molecule has 0 atom stereocenters. The van der Waals surface area contributed by atoms with Crippen LogP contribution < -0.4 is 10.6 Å². The van der Waals surface area contributed by atoms with Crippen molar-refractivity contribution in [2.45, 2.75) is 20.4 Å². The first-order valence-electron chi connectivity index (χ1n) is 6.77. The molecule has 2 aromatic rings. The van der Waals surface area contributed by atoms with Crippen molar-refractivity contribution in [1.82, 2.24) is 20.1 Å². The highest BCUT2D eigenvalue weighted by Gasteiger charge is 2.12. The van der Waals surface area contributed by atoms with Crippen LogP contribution in [0.15, 0.2) is 29.1 Å². The Morgan fingerprint density at radius 2 is 2.24 bits per heavy atom. The number of carbonyl (C=O) groups is 1. The van der Waals surface area contributed by atoms with Crippen molar-refractivity contribution in [1.29, 1.82) is 0 Å². The Bertz CT molecular complexity index is 626. The van der Waals surface area contributed by atoms with Crippen LogP contribution in [0.25, 0.3) is 0 Å². The molecule has 2 rings (SSSR count). The van der Waals surface area contributed by atoms with Gasteiger partial charge in [-0.25, -0.2) is 4.98 Å². The van der Waals surface area contributed by atoms with Crippen LogP contribution in [-0.4, -0.2) is 33.8 Å². The lowest BCUT2D eigenvalue weighted by Gasteiger charge is -2.10. The third-order valence-corrected chi connectivity index (χ3v) is 3.27. The molecule has 2 aromatic heterocycles. The molecule has 6 nitrogen and oxygen atoms in total. The smallest absolute Gasteiger partial charge is 0.255 e. The number of nitrogens with zero attached hydrogens (tertiary/aromatic N) is 3. The minimum absolute atomic E-state index is 0.149. The lowest BCUT2D eigenvalue weighted by atomic mass is 10.2. The van der Waals surface area contributed by atoms with Gasteiger partial charge in [-0.05, 0) is 41.4 Å². The SMILES string of the molecule is CCNc1ncc(Br)cc1C(=O)NCCn1cc(C)cn1. The number of nitrogens with one attached hydrogen (secondary N) is 2. The van der Waals surface area contributed by atoms with Gasteiger partial charge in [-0.1, -0.05) is 0 Å². The zero-order valence-electron chi connectivity index (χ0n) is 12.1. The largest absolute Gasteiger partial charge is 0.370 e. The predicted molar refractivity (Wildman–Crippen MR) is 85.4 cm³/mol. The predicted octanol–water partition coefficient (Wildman–Crippen LogP) is 2.21. The van der Waals surface area contributed by atoms with Gasteiger partial charge in [0.25, 0.3) is 5.91 Å². The van der Waals surface area contributed by atoms with Gasteiger partial charge < -0.3 is 10.6 Å². The van der Waals surface area contributed by atoms with Gasteiger partial charge in [0.05, 0.1) is 18.3 Å². The molecular formula is C14H18BrN5O. The second kappa shape index (κ2) is 7.21. The summed E-state index contributed by atoms with van der Waals surface area (Å²) in [7, 11) is 0. The number of hydrogen-bond acceptors (Lipinski definition) is 4. The van der Waals surface area contributed by atoms with Crippen LogP contribution >= 0.6 is 15.9 Å². The second-order valence-electron chi connectivity index (χ2n) is 4.62. The van der Waals surface area contributed by atoms with E-state index in [1.54, 1.807) is 23.1 Å². The Balaban J connectivity index is 1.97. The number of hydrogen-bond donors (Lipinski definition) is 2. The van der Waals surface area contributed by atoms with Crippen molar-refractivity contribution in [3.63, 3.8) is 0 Å². The van der Waals surface area contributed by atoms with E-state index in [0.717, 1.165) is 10.0 Å². The van der Waals surface area contributed by atoms with Gasteiger partial charge in [0.15, 0.2) is 0 Å².